The van der Waals surface area contributed by atoms with E-state index < -0.39 is 14.7 Å². The van der Waals surface area contributed by atoms with E-state index in [-0.39, 0.29) is 0 Å². The van der Waals surface area contributed by atoms with Crippen molar-refractivity contribution >= 4 is 48.6 Å². The molecule has 4 aromatic carbocycles. The Morgan fingerprint density at radius 3 is 1.98 bits per heavy atom. The molecule has 51 heavy (non-hydrogen) atoms. The maximum absolute atomic E-state index is 14.3. The van der Waals surface area contributed by atoms with Crippen molar-refractivity contribution < 1.29 is 18.2 Å². The molecule has 2 aliphatic heterocycles. The molecular formula is C45H40O4P2. The van der Waals surface area contributed by atoms with Crippen LogP contribution in [0.2, 0.25) is 0 Å². The molecule has 0 amide bonds. The molecule has 254 valence electrons. The summed E-state index contributed by atoms with van der Waals surface area (Å²) >= 11 is 0. The zero-order valence-corrected chi connectivity index (χ0v) is 30.8. The molecule has 0 spiro atoms. The predicted molar refractivity (Wildman–Crippen MR) is 215 cm³/mol. The van der Waals surface area contributed by atoms with Crippen LogP contribution in [0.4, 0.5) is 0 Å². The molecule has 2 aliphatic carbocycles. The van der Waals surface area contributed by atoms with Gasteiger partial charge in [0.25, 0.3) is 7.37 Å². The normalized spacial score (nSPS) is 21.7. The molecule has 0 saturated carbocycles. The largest absolute Gasteiger partial charge is 0.441 e. The summed E-state index contributed by atoms with van der Waals surface area (Å²) in [7, 11) is -5.94. The average Bonchev–Trinajstić information content (AvgIpc) is 3.53. The van der Waals surface area contributed by atoms with Crippen LogP contribution in [0, 0.1) is 0 Å². The third-order valence-corrected chi connectivity index (χ3v) is 13.6. The van der Waals surface area contributed by atoms with Crippen molar-refractivity contribution in [2.24, 2.45) is 0 Å². The van der Waals surface area contributed by atoms with Gasteiger partial charge in [-0.3, -0.25) is 9.13 Å². The van der Waals surface area contributed by atoms with E-state index in [1.165, 1.54) is 11.1 Å². The minimum atomic E-state index is -3.22. The van der Waals surface area contributed by atoms with Crippen molar-refractivity contribution in [2.75, 3.05) is 6.66 Å². The van der Waals surface area contributed by atoms with Crippen molar-refractivity contribution in [3.63, 3.8) is 0 Å². The van der Waals surface area contributed by atoms with E-state index in [2.05, 4.69) is 60.7 Å². The summed E-state index contributed by atoms with van der Waals surface area (Å²) in [6, 6.07) is 32.6. The quantitative estimate of drug-likeness (QED) is 0.198. The number of allylic oxidation sites excluding steroid dienone is 12. The van der Waals surface area contributed by atoms with E-state index in [9.17, 15) is 9.13 Å². The number of rotatable bonds is 4. The Hall–Kier alpha value is -5.14. The maximum Gasteiger partial charge on any atom is 0.302 e. The fourth-order valence-electron chi connectivity index (χ4n) is 6.69. The zero-order chi connectivity index (χ0) is 35.4. The van der Waals surface area contributed by atoms with E-state index in [0.29, 0.717) is 6.42 Å². The summed E-state index contributed by atoms with van der Waals surface area (Å²) in [5.41, 5.74) is 8.72. The van der Waals surface area contributed by atoms with Crippen LogP contribution in [0.25, 0.3) is 34.4 Å². The predicted octanol–water partition coefficient (Wildman–Crippen LogP) is 12.1. The molecule has 0 fully saturated rings. The van der Waals surface area contributed by atoms with E-state index >= 15 is 0 Å². The molecule has 8 rings (SSSR count). The highest BCUT2D eigenvalue weighted by Gasteiger charge is 2.38. The van der Waals surface area contributed by atoms with Gasteiger partial charge in [-0.05, 0) is 77.9 Å². The van der Waals surface area contributed by atoms with Gasteiger partial charge in [-0.1, -0.05) is 140 Å². The topological polar surface area (TPSA) is 52.6 Å². The summed E-state index contributed by atoms with van der Waals surface area (Å²) in [5, 5.41) is 2.35. The molecule has 2 unspecified atom stereocenters. The van der Waals surface area contributed by atoms with Crippen LogP contribution in [0.3, 0.4) is 0 Å². The second kappa shape index (κ2) is 14.6. The van der Waals surface area contributed by atoms with E-state index in [4.69, 9.17) is 9.05 Å². The van der Waals surface area contributed by atoms with E-state index in [0.717, 1.165) is 67.3 Å². The van der Waals surface area contributed by atoms with Crippen LogP contribution < -0.4 is 10.6 Å². The molecular weight excluding hydrogens is 666 g/mol. The molecule has 4 nitrogen and oxygen atoms in total. The second-order valence-electron chi connectivity index (χ2n) is 12.8. The van der Waals surface area contributed by atoms with E-state index in [1.54, 1.807) is 6.66 Å². The third-order valence-electron chi connectivity index (χ3n) is 9.27. The number of benzene rings is 4. The molecule has 0 aromatic heterocycles. The first-order valence-corrected chi connectivity index (χ1v) is 20.9. The summed E-state index contributed by atoms with van der Waals surface area (Å²) in [5.74, 6) is 1.52. The molecule has 2 atom stereocenters. The van der Waals surface area contributed by atoms with Crippen LogP contribution in [-0.4, -0.2) is 6.66 Å². The molecule has 0 saturated heterocycles. The molecule has 6 heteroatoms. The molecule has 2 heterocycles. The lowest BCUT2D eigenvalue weighted by Crippen LogP contribution is -2.18. The number of hydrogen-bond acceptors (Lipinski definition) is 4. The number of fused-ring (bicyclic) bond motifs is 4. The van der Waals surface area contributed by atoms with Crippen molar-refractivity contribution in [3.8, 4) is 11.1 Å². The summed E-state index contributed by atoms with van der Waals surface area (Å²) in [6.45, 7) is 5.62. The fourth-order valence-corrected chi connectivity index (χ4v) is 10.6. The van der Waals surface area contributed by atoms with Crippen molar-refractivity contribution in [1.29, 1.82) is 0 Å². The zero-order valence-electron chi connectivity index (χ0n) is 29.0. The van der Waals surface area contributed by atoms with Crippen molar-refractivity contribution in [2.45, 2.75) is 26.7 Å². The summed E-state index contributed by atoms with van der Waals surface area (Å²) in [6.07, 6.45) is 23.6. The van der Waals surface area contributed by atoms with Crippen molar-refractivity contribution in [3.05, 3.63) is 191 Å². The minimum Gasteiger partial charge on any atom is -0.441 e. The minimum absolute atomic E-state index is 0.634. The van der Waals surface area contributed by atoms with Gasteiger partial charge in [0.05, 0.1) is 10.6 Å². The Bertz CT molecular complexity index is 2330. The van der Waals surface area contributed by atoms with Gasteiger partial charge in [0.1, 0.15) is 11.5 Å². The first-order valence-electron chi connectivity index (χ1n) is 17.2. The Labute approximate surface area is 301 Å². The lowest BCUT2D eigenvalue weighted by molar-refractivity contribution is 0.410. The monoisotopic (exact) mass is 706 g/mol. The Balaban J connectivity index is 0.000000199. The Morgan fingerprint density at radius 1 is 0.667 bits per heavy atom. The molecule has 0 bridgehead atoms. The van der Waals surface area contributed by atoms with Gasteiger partial charge >= 0.3 is 7.37 Å². The van der Waals surface area contributed by atoms with Crippen LogP contribution in [0.15, 0.2) is 169 Å². The van der Waals surface area contributed by atoms with Gasteiger partial charge in [-0.15, -0.1) is 0 Å². The molecule has 4 aromatic rings. The highest BCUT2D eigenvalue weighted by Crippen LogP contribution is 2.60. The second-order valence-corrected chi connectivity index (χ2v) is 17.6. The van der Waals surface area contributed by atoms with Gasteiger partial charge in [0, 0.05) is 29.5 Å². The van der Waals surface area contributed by atoms with Crippen molar-refractivity contribution in [1.82, 2.24) is 0 Å². The van der Waals surface area contributed by atoms with Crippen LogP contribution in [0.5, 0.6) is 0 Å². The summed E-state index contributed by atoms with van der Waals surface area (Å²) < 4.78 is 38.8. The van der Waals surface area contributed by atoms with E-state index in [1.807, 2.05) is 117 Å². The Kier molecular flexibility index (Phi) is 9.83. The van der Waals surface area contributed by atoms with Gasteiger partial charge in [-0.2, -0.15) is 0 Å². The first kappa shape index (κ1) is 34.3. The van der Waals surface area contributed by atoms with Gasteiger partial charge in [0.2, 0.25) is 0 Å². The number of hydrogen-bond donors (Lipinski definition) is 0. The van der Waals surface area contributed by atoms with Gasteiger partial charge in [0.15, 0.2) is 0 Å². The fraction of sp³-hybridized carbons (Fsp3) is 0.111. The third kappa shape index (κ3) is 7.08. The van der Waals surface area contributed by atoms with Gasteiger partial charge < -0.3 is 9.05 Å². The van der Waals surface area contributed by atoms with Gasteiger partial charge in [-0.25, -0.2) is 0 Å². The lowest BCUT2D eigenvalue weighted by Gasteiger charge is -2.30. The Morgan fingerprint density at radius 2 is 1.27 bits per heavy atom. The average molecular weight is 707 g/mol. The molecule has 0 N–H and O–H groups in total. The van der Waals surface area contributed by atoms with Crippen LogP contribution >= 0.6 is 14.7 Å². The highest BCUT2D eigenvalue weighted by atomic mass is 31.2. The maximum atomic E-state index is 14.3. The molecule has 0 radical (unpaired) electrons. The SMILES string of the molecule is C/C=C\c1ccc(-c2ccc(/C=C(\C)P3(=O)OC4=C(C=CC=CC4)c4ccccc43)cc2)cc1.CP1(=O)OC2=C(CC=CC=C2)c2ccccc21. The smallest absolute Gasteiger partial charge is 0.302 e. The van der Waals surface area contributed by atoms with Crippen LogP contribution in [-0.2, 0) is 18.2 Å². The van der Waals surface area contributed by atoms with Crippen LogP contribution in [0.1, 0.15) is 48.9 Å². The summed E-state index contributed by atoms with van der Waals surface area (Å²) in [4.78, 5) is 0. The standard InChI is InChI=1S/C31H27O2P.C14H13O2P/c1-3-9-24-14-18-26(19-15-24)27-20-16-25(17-21-27)22-23(2)34(32)31-13-8-7-11-29(31)28-10-5-4-6-12-30(28)33-34;1-17(15)14-10-6-5-8-12(14)11-7-3-2-4-9-13(11)16-17/h3-11,13-22H,12H2,1-2H3;2-6,8-10H,7H2,1H3/b9-3-,23-22+;. The molecule has 4 aliphatic rings. The lowest BCUT2D eigenvalue weighted by atomic mass is 10.0. The highest BCUT2D eigenvalue weighted by molar-refractivity contribution is 7.71. The first-order chi connectivity index (χ1) is 24.8.